The number of ketones is 1. The number of Topliss-reactive ketones (excluding diaryl/α,β-unsaturated/α-hetero) is 1. The highest BCUT2D eigenvalue weighted by molar-refractivity contribution is 9.10. The predicted molar refractivity (Wildman–Crippen MR) is 103 cm³/mol. The van der Waals surface area contributed by atoms with Gasteiger partial charge in [0.15, 0.2) is 11.4 Å². The molecule has 0 aromatic heterocycles. The predicted octanol–water partition coefficient (Wildman–Crippen LogP) is 3.45. The Bertz CT molecular complexity index is 895. The van der Waals surface area contributed by atoms with Gasteiger partial charge in [-0.2, -0.15) is 0 Å². The first kappa shape index (κ1) is 18.4. The van der Waals surface area contributed by atoms with Gasteiger partial charge in [-0.3, -0.25) is 9.59 Å². The molecule has 0 fully saturated rings. The Kier molecular flexibility index (Phi) is 4.98. The molecule has 0 radical (unpaired) electrons. The van der Waals surface area contributed by atoms with Crippen LogP contribution in [0.1, 0.15) is 22.3 Å². The lowest BCUT2D eigenvalue weighted by Gasteiger charge is -2.22. The van der Waals surface area contributed by atoms with Crippen LogP contribution in [0.25, 0.3) is 0 Å². The molecule has 6 heteroatoms. The highest BCUT2D eigenvalue weighted by Gasteiger charge is 2.50. The van der Waals surface area contributed by atoms with Crippen molar-refractivity contribution in [2.24, 2.45) is 0 Å². The van der Waals surface area contributed by atoms with Gasteiger partial charge >= 0.3 is 0 Å². The molecule has 1 amide bonds. The topological polar surface area (TPSA) is 66.8 Å². The van der Waals surface area contributed by atoms with Crippen LogP contribution >= 0.6 is 15.9 Å². The Hall–Kier alpha value is -2.44. The number of aliphatic hydroxyl groups is 1. The van der Waals surface area contributed by atoms with Gasteiger partial charge in [-0.25, -0.2) is 0 Å². The first-order valence-corrected chi connectivity index (χ1v) is 8.83. The fourth-order valence-electron chi connectivity index (χ4n) is 3.21. The second-order valence-corrected chi connectivity index (χ2v) is 6.94. The number of hydrogen-bond acceptors (Lipinski definition) is 4. The Morgan fingerprint density at radius 1 is 1.35 bits per heavy atom. The van der Waals surface area contributed by atoms with E-state index in [0.29, 0.717) is 27.0 Å². The average molecular weight is 416 g/mol. The van der Waals surface area contributed by atoms with Gasteiger partial charge in [0.2, 0.25) is 0 Å². The van der Waals surface area contributed by atoms with Gasteiger partial charge in [0.05, 0.1) is 24.8 Å². The molecule has 0 aliphatic carbocycles. The Morgan fingerprint density at radius 2 is 2.08 bits per heavy atom. The quantitative estimate of drug-likeness (QED) is 0.579. The fraction of sp³-hybridized carbons (Fsp3) is 0.200. The van der Waals surface area contributed by atoms with Crippen LogP contribution in [0.2, 0.25) is 0 Å². The van der Waals surface area contributed by atoms with E-state index in [1.807, 2.05) is 0 Å². The third kappa shape index (κ3) is 2.95. The summed E-state index contributed by atoms with van der Waals surface area (Å²) in [5.74, 6) is -0.498. The van der Waals surface area contributed by atoms with Gasteiger partial charge in [-0.1, -0.05) is 34.1 Å². The summed E-state index contributed by atoms with van der Waals surface area (Å²) in [5, 5.41) is 11.2. The second-order valence-electron chi connectivity index (χ2n) is 6.03. The third-order valence-corrected chi connectivity index (χ3v) is 4.92. The van der Waals surface area contributed by atoms with E-state index >= 15 is 0 Å². The van der Waals surface area contributed by atoms with Crippen LogP contribution in [0.15, 0.2) is 59.6 Å². The minimum atomic E-state index is -1.93. The molecule has 2 aromatic carbocycles. The van der Waals surface area contributed by atoms with Crippen molar-refractivity contribution < 1.29 is 19.4 Å². The van der Waals surface area contributed by atoms with Crippen LogP contribution < -0.4 is 9.64 Å². The summed E-state index contributed by atoms with van der Waals surface area (Å²) in [5.41, 5.74) is -0.620. The van der Waals surface area contributed by atoms with E-state index in [-0.39, 0.29) is 18.7 Å². The number of halogens is 1. The zero-order valence-electron chi connectivity index (χ0n) is 14.2. The molecule has 0 saturated carbocycles. The molecule has 1 heterocycles. The van der Waals surface area contributed by atoms with Crippen molar-refractivity contribution in [1.82, 2.24) is 0 Å². The summed E-state index contributed by atoms with van der Waals surface area (Å²) < 4.78 is 5.94. The summed E-state index contributed by atoms with van der Waals surface area (Å²) in [6.07, 6.45) is 1.21. The number of hydrogen-bond donors (Lipinski definition) is 1. The number of para-hydroxylation sites is 1. The molecule has 0 spiro atoms. The van der Waals surface area contributed by atoms with Gasteiger partial charge < -0.3 is 14.7 Å². The number of amides is 1. The largest absolute Gasteiger partial charge is 0.496 e. The maximum Gasteiger partial charge on any atom is 0.264 e. The normalized spacial score (nSPS) is 18.6. The number of ether oxygens (including phenoxy) is 1. The van der Waals surface area contributed by atoms with E-state index < -0.39 is 11.5 Å². The molecule has 26 heavy (non-hydrogen) atoms. The molecule has 0 unspecified atom stereocenters. The van der Waals surface area contributed by atoms with Gasteiger partial charge in [-0.15, -0.1) is 6.58 Å². The lowest BCUT2D eigenvalue weighted by atomic mass is 9.88. The monoisotopic (exact) mass is 415 g/mol. The van der Waals surface area contributed by atoms with E-state index in [9.17, 15) is 14.7 Å². The Balaban J connectivity index is 2.03. The van der Waals surface area contributed by atoms with E-state index in [1.165, 1.54) is 12.0 Å². The second kappa shape index (κ2) is 7.05. The van der Waals surface area contributed by atoms with Crippen molar-refractivity contribution in [2.75, 3.05) is 18.6 Å². The lowest BCUT2D eigenvalue weighted by molar-refractivity contribution is -0.135. The first-order valence-electron chi connectivity index (χ1n) is 8.04. The van der Waals surface area contributed by atoms with Crippen LogP contribution in [-0.4, -0.2) is 30.5 Å². The zero-order valence-corrected chi connectivity index (χ0v) is 15.8. The summed E-state index contributed by atoms with van der Waals surface area (Å²) >= 11 is 3.36. The summed E-state index contributed by atoms with van der Waals surface area (Å²) in [6, 6.07) is 12.0. The minimum Gasteiger partial charge on any atom is -0.496 e. The van der Waals surface area contributed by atoms with Crippen molar-refractivity contribution in [1.29, 1.82) is 0 Å². The highest BCUT2D eigenvalue weighted by atomic mass is 79.9. The molecule has 2 aromatic rings. The number of carbonyl (C=O) groups is 2. The Labute approximate surface area is 160 Å². The van der Waals surface area contributed by atoms with Crippen molar-refractivity contribution in [3.05, 3.63) is 70.7 Å². The van der Waals surface area contributed by atoms with Crippen LogP contribution in [0.4, 0.5) is 5.69 Å². The van der Waals surface area contributed by atoms with E-state index in [0.717, 1.165) is 0 Å². The molecule has 5 nitrogen and oxygen atoms in total. The smallest absolute Gasteiger partial charge is 0.264 e. The van der Waals surface area contributed by atoms with E-state index in [2.05, 4.69) is 22.5 Å². The summed E-state index contributed by atoms with van der Waals surface area (Å²) in [6.45, 7) is 3.91. The summed E-state index contributed by atoms with van der Waals surface area (Å²) in [7, 11) is 1.47. The van der Waals surface area contributed by atoms with Gasteiger partial charge in [0, 0.05) is 16.6 Å². The molecule has 1 atom stereocenters. The highest BCUT2D eigenvalue weighted by Crippen LogP contribution is 2.44. The first-order chi connectivity index (χ1) is 12.4. The molecule has 0 bridgehead atoms. The molecule has 3 rings (SSSR count). The molecule has 1 N–H and O–H groups in total. The van der Waals surface area contributed by atoms with Gasteiger partial charge in [0.25, 0.3) is 5.91 Å². The minimum absolute atomic E-state index is 0.249. The van der Waals surface area contributed by atoms with Gasteiger partial charge in [0.1, 0.15) is 5.75 Å². The van der Waals surface area contributed by atoms with Crippen molar-refractivity contribution in [3.8, 4) is 5.75 Å². The van der Waals surface area contributed by atoms with Crippen molar-refractivity contribution in [2.45, 2.75) is 12.0 Å². The number of carbonyl (C=O) groups excluding carboxylic acids is 2. The SMILES string of the molecule is C=CCN1C(=O)[C@](O)(CC(=O)c2ccccc2OC)c2cc(Br)ccc21. The number of benzene rings is 2. The van der Waals surface area contributed by atoms with Crippen LogP contribution in [0.3, 0.4) is 0 Å². The van der Waals surface area contributed by atoms with Crippen molar-refractivity contribution >= 4 is 33.3 Å². The molecular formula is C20H18BrNO4. The maximum absolute atomic E-state index is 12.9. The number of methoxy groups -OCH3 is 1. The van der Waals surface area contributed by atoms with Crippen molar-refractivity contribution in [3.63, 3.8) is 0 Å². The maximum atomic E-state index is 12.9. The molecular weight excluding hydrogens is 398 g/mol. The third-order valence-electron chi connectivity index (χ3n) is 4.43. The van der Waals surface area contributed by atoms with E-state index in [1.54, 1.807) is 48.5 Å². The molecule has 1 aliphatic heterocycles. The zero-order chi connectivity index (χ0) is 18.9. The number of anilines is 1. The molecule has 1 aliphatic rings. The van der Waals surface area contributed by atoms with Gasteiger partial charge in [-0.05, 0) is 30.3 Å². The molecule has 0 saturated heterocycles. The Morgan fingerprint density at radius 3 is 2.77 bits per heavy atom. The summed E-state index contributed by atoms with van der Waals surface area (Å²) in [4.78, 5) is 27.2. The number of fused-ring (bicyclic) bond motifs is 1. The van der Waals surface area contributed by atoms with Crippen LogP contribution in [-0.2, 0) is 10.4 Å². The lowest BCUT2D eigenvalue weighted by Crippen LogP contribution is -2.42. The number of nitrogens with zero attached hydrogens (tertiary/aromatic N) is 1. The number of rotatable bonds is 6. The fourth-order valence-corrected chi connectivity index (χ4v) is 3.57. The standard InChI is InChI=1S/C20H18BrNO4/c1-3-10-22-16-9-8-13(21)11-15(16)20(25,19(22)24)12-17(23)14-6-4-5-7-18(14)26-2/h3-9,11,25H,1,10,12H2,2H3/t20-/m0/s1. The van der Waals surface area contributed by atoms with Crippen LogP contribution in [0.5, 0.6) is 5.75 Å². The average Bonchev–Trinajstić information content (AvgIpc) is 2.83. The van der Waals surface area contributed by atoms with Crippen LogP contribution in [0, 0.1) is 0 Å². The van der Waals surface area contributed by atoms with E-state index in [4.69, 9.17) is 4.74 Å². The molecule has 134 valence electrons.